The number of carbonyl (C=O) groups is 3. The molecule has 0 N–H and O–H groups in total. The Morgan fingerprint density at radius 1 is 0.266 bits per heavy atom. The van der Waals surface area contributed by atoms with Gasteiger partial charge in [-0.1, -0.05) is 269 Å². The molecule has 446 valence electrons. The predicted octanol–water partition coefficient (Wildman–Crippen LogP) is 22.3. The van der Waals surface area contributed by atoms with Crippen molar-refractivity contribution in [2.75, 3.05) is 13.2 Å². The number of carbonyl (C=O) groups excluding carboxylic acids is 3. The van der Waals surface area contributed by atoms with Gasteiger partial charge in [-0.15, -0.1) is 0 Å². The first-order chi connectivity index (χ1) is 39.0. The van der Waals surface area contributed by atoms with Gasteiger partial charge in [0.25, 0.3) is 0 Å². The number of hydrogen-bond acceptors (Lipinski definition) is 6. The van der Waals surface area contributed by atoms with Crippen LogP contribution >= 0.6 is 0 Å². The molecule has 0 spiro atoms. The van der Waals surface area contributed by atoms with Gasteiger partial charge in [-0.3, -0.25) is 14.4 Å². The number of allylic oxidation sites excluding steroid dienone is 24. The monoisotopic (exact) mass is 1090 g/mol. The van der Waals surface area contributed by atoms with E-state index in [1.165, 1.54) is 77.0 Å². The highest BCUT2D eigenvalue weighted by atomic mass is 16.6. The molecule has 0 radical (unpaired) electrons. The van der Waals surface area contributed by atoms with Crippen LogP contribution in [0, 0.1) is 0 Å². The molecule has 0 fully saturated rings. The molecule has 0 aliphatic heterocycles. The second kappa shape index (κ2) is 65.8. The van der Waals surface area contributed by atoms with Gasteiger partial charge in [-0.2, -0.15) is 0 Å². The molecule has 0 aromatic carbocycles. The third-order valence-corrected chi connectivity index (χ3v) is 13.3. The maximum atomic E-state index is 12.9. The van der Waals surface area contributed by atoms with Crippen LogP contribution in [0.4, 0.5) is 0 Å². The van der Waals surface area contributed by atoms with Crippen LogP contribution in [-0.2, 0) is 28.6 Å². The lowest BCUT2D eigenvalue weighted by molar-refractivity contribution is -0.167. The summed E-state index contributed by atoms with van der Waals surface area (Å²) >= 11 is 0. The molecule has 1 unspecified atom stereocenters. The minimum Gasteiger partial charge on any atom is -0.462 e. The van der Waals surface area contributed by atoms with Gasteiger partial charge in [0.2, 0.25) is 0 Å². The highest BCUT2D eigenvalue weighted by molar-refractivity contribution is 5.71. The summed E-state index contributed by atoms with van der Waals surface area (Å²) in [7, 11) is 0. The van der Waals surface area contributed by atoms with Crippen LogP contribution in [0.1, 0.15) is 278 Å². The summed E-state index contributed by atoms with van der Waals surface area (Å²) in [5, 5.41) is 0. The van der Waals surface area contributed by atoms with Gasteiger partial charge < -0.3 is 14.2 Å². The first kappa shape index (κ1) is 74.3. The van der Waals surface area contributed by atoms with Crippen molar-refractivity contribution in [3.05, 3.63) is 146 Å². The molecule has 0 aliphatic carbocycles. The molecule has 79 heavy (non-hydrogen) atoms. The van der Waals surface area contributed by atoms with Crippen molar-refractivity contribution >= 4 is 17.9 Å². The fourth-order valence-electron chi connectivity index (χ4n) is 8.51. The molecule has 0 saturated carbocycles. The smallest absolute Gasteiger partial charge is 0.306 e. The fourth-order valence-corrected chi connectivity index (χ4v) is 8.51. The first-order valence-corrected chi connectivity index (χ1v) is 32.3. The van der Waals surface area contributed by atoms with Crippen LogP contribution in [0.5, 0.6) is 0 Å². The number of unbranched alkanes of at least 4 members (excludes halogenated alkanes) is 22. The Balaban J connectivity index is 4.33. The Morgan fingerprint density at radius 3 is 0.785 bits per heavy atom. The van der Waals surface area contributed by atoms with E-state index in [1.54, 1.807) is 0 Å². The van der Waals surface area contributed by atoms with Gasteiger partial charge in [0.1, 0.15) is 13.2 Å². The van der Waals surface area contributed by atoms with Crippen molar-refractivity contribution in [3.63, 3.8) is 0 Å². The lowest BCUT2D eigenvalue weighted by Crippen LogP contribution is -2.30. The quantitative estimate of drug-likeness (QED) is 0.0261. The molecular weight excluding hydrogens is 973 g/mol. The Labute approximate surface area is 487 Å². The van der Waals surface area contributed by atoms with Gasteiger partial charge in [0.15, 0.2) is 6.10 Å². The average Bonchev–Trinajstić information content (AvgIpc) is 3.45. The summed E-state index contributed by atoms with van der Waals surface area (Å²) < 4.78 is 16.9. The molecule has 0 heterocycles. The zero-order chi connectivity index (χ0) is 57.1. The van der Waals surface area contributed by atoms with Crippen LogP contribution in [0.3, 0.4) is 0 Å². The zero-order valence-electron chi connectivity index (χ0n) is 51.1. The van der Waals surface area contributed by atoms with E-state index in [4.69, 9.17) is 14.2 Å². The number of hydrogen-bond donors (Lipinski definition) is 0. The van der Waals surface area contributed by atoms with Gasteiger partial charge >= 0.3 is 17.9 Å². The molecule has 0 bridgehead atoms. The largest absolute Gasteiger partial charge is 0.462 e. The van der Waals surface area contributed by atoms with E-state index in [-0.39, 0.29) is 31.1 Å². The SMILES string of the molecule is CC/C=C\C/C=C\C/C=C\C/C=C\C/C=C\C/C=C\CCCCCCCCCCCCC(=O)OCC(COC(=O)CCCCCCC/C=C\CCCC)OC(=O)CCCCCCC/C=C\C/C=C\C/C=C\C/C=C\C/C=C\CC. The van der Waals surface area contributed by atoms with Crippen LogP contribution in [0.2, 0.25) is 0 Å². The molecule has 0 aliphatic rings. The van der Waals surface area contributed by atoms with Crippen molar-refractivity contribution in [3.8, 4) is 0 Å². The van der Waals surface area contributed by atoms with E-state index in [0.29, 0.717) is 19.3 Å². The Morgan fingerprint density at radius 2 is 0.494 bits per heavy atom. The predicted molar refractivity (Wildman–Crippen MR) is 343 cm³/mol. The van der Waals surface area contributed by atoms with E-state index in [2.05, 4.69) is 167 Å². The molecule has 0 aromatic heterocycles. The molecular formula is C73H118O6. The lowest BCUT2D eigenvalue weighted by Gasteiger charge is -2.18. The Bertz CT molecular complexity index is 1730. The van der Waals surface area contributed by atoms with Crippen molar-refractivity contribution in [1.82, 2.24) is 0 Å². The summed E-state index contributed by atoms with van der Waals surface area (Å²) in [5.41, 5.74) is 0. The van der Waals surface area contributed by atoms with Crippen molar-refractivity contribution < 1.29 is 28.6 Å². The Hall–Kier alpha value is -4.71. The number of esters is 3. The number of ether oxygens (including phenoxy) is 3. The standard InChI is InChI=1S/C73H118O6/c1-4-7-10-13-16-19-22-24-26-28-30-32-33-34-35-36-37-38-39-41-42-44-46-48-51-54-57-60-63-66-72(75)78-69-70(68-77-71(74)65-62-59-56-53-50-21-18-15-12-9-6-3)79-73(76)67-64-61-58-55-52-49-47-45-43-40-31-29-27-25-23-20-17-14-11-8-5-2/h7-8,10-11,15-20,24-27,30-32,34-35,37-38,40,45,47,70H,4-6,9,12-14,21-23,28-29,33,36,39,41-44,46,48-69H2,1-3H3/b10-7-,11-8-,18-15-,19-16-,20-17-,26-24-,27-25-,32-30-,35-34-,38-37-,40-31-,47-45-. The van der Waals surface area contributed by atoms with E-state index in [1.807, 2.05) is 0 Å². The number of rotatable bonds is 57. The maximum absolute atomic E-state index is 12.9. The second-order valence-corrected chi connectivity index (χ2v) is 20.9. The third-order valence-electron chi connectivity index (χ3n) is 13.3. The summed E-state index contributed by atoms with van der Waals surface area (Å²) in [6.07, 6.45) is 94.3. The van der Waals surface area contributed by atoms with E-state index >= 15 is 0 Å². The maximum Gasteiger partial charge on any atom is 0.306 e. The second-order valence-electron chi connectivity index (χ2n) is 20.9. The topological polar surface area (TPSA) is 78.9 Å². The summed E-state index contributed by atoms with van der Waals surface area (Å²) in [5.74, 6) is -0.929. The highest BCUT2D eigenvalue weighted by Gasteiger charge is 2.19. The molecule has 0 amide bonds. The van der Waals surface area contributed by atoms with Crippen molar-refractivity contribution in [2.45, 2.75) is 284 Å². The average molecular weight is 1090 g/mol. The normalized spacial score (nSPS) is 13.1. The van der Waals surface area contributed by atoms with Crippen LogP contribution in [0.25, 0.3) is 0 Å². The lowest BCUT2D eigenvalue weighted by atomic mass is 10.1. The first-order valence-electron chi connectivity index (χ1n) is 32.3. The van der Waals surface area contributed by atoms with Crippen LogP contribution in [0.15, 0.2) is 146 Å². The van der Waals surface area contributed by atoms with Crippen LogP contribution in [-0.4, -0.2) is 37.2 Å². The van der Waals surface area contributed by atoms with E-state index in [9.17, 15) is 14.4 Å². The summed E-state index contributed by atoms with van der Waals surface area (Å²) in [4.78, 5) is 38.3. The molecule has 6 heteroatoms. The molecule has 0 saturated heterocycles. The van der Waals surface area contributed by atoms with Crippen molar-refractivity contribution in [2.24, 2.45) is 0 Å². The Kier molecular flexibility index (Phi) is 61.9. The molecule has 1 atom stereocenters. The van der Waals surface area contributed by atoms with Crippen molar-refractivity contribution in [1.29, 1.82) is 0 Å². The van der Waals surface area contributed by atoms with Gasteiger partial charge in [0, 0.05) is 19.3 Å². The zero-order valence-corrected chi connectivity index (χ0v) is 51.1. The van der Waals surface area contributed by atoms with Gasteiger partial charge in [-0.25, -0.2) is 0 Å². The van der Waals surface area contributed by atoms with Gasteiger partial charge in [0.05, 0.1) is 0 Å². The fraction of sp³-hybridized carbons (Fsp3) is 0.630. The molecule has 0 aromatic rings. The third kappa shape index (κ3) is 64.0. The summed E-state index contributed by atoms with van der Waals surface area (Å²) in [6.45, 7) is 6.35. The van der Waals surface area contributed by atoms with Gasteiger partial charge in [-0.05, 0) is 135 Å². The molecule has 6 nitrogen and oxygen atoms in total. The molecule has 0 rings (SSSR count). The minimum atomic E-state index is -0.800. The van der Waals surface area contributed by atoms with E-state index < -0.39 is 6.10 Å². The minimum absolute atomic E-state index is 0.0953. The van der Waals surface area contributed by atoms with Crippen LogP contribution < -0.4 is 0 Å². The van der Waals surface area contributed by atoms with E-state index in [0.717, 1.165) is 161 Å². The highest BCUT2D eigenvalue weighted by Crippen LogP contribution is 2.15. The summed E-state index contributed by atoms with van der Waals surface area (Å²) in [6, 6.07) is 0.